The van der Waals surface area contributed by atoms with Gasteiger partial charge < -0.3 is 5.32 Å². The predicted molar refractivity (Wildman–Crippen MR) is 61.8 cm³/mol. The summed E-state index contributed by atoms with van der Waals surface area (Å²) in [5.74, 6) is 0.134. The van der Waals surface area contributed by atoms with Crippen LogP contribution >= 0.6 is 11.3 Å². The fourth-order valence-corrected chi connectivity index (χ4v) is 2.29. The maximum Gasteiger partial charge on any atom is 0.234 e. The molecule has 15 heavy (non-hydrogen) atoms. The Bertz CT molecular complexity index is 323. The first-order chi connectivity index (χ1) is 7.25. The third-order valence-electron chi connectivity index (χ3n) is 2.84. The first-order valence-electron chi connectivity index (χ1n) is 5.29. The molecule has 1 aromatic heterocycles. The van der Waals surface area contributed by atoms with Crippen molar-refractivity contribution in [3.05, 3.63) is 22.4 Å². The van der Waals surface area contributed by atoms with Crippen LogP contribution in [0.4, 0.5) is 0 Å². The summed E-state index contributed by atoms with van der Waals surface area (Å²) in [6.45, 7) is 4.44. The van der Waals surface area contributed by atoms with Gasteiger partial charge in [0.15, 0.2) is 0 Å². The fraction of sp³-hybridized carbons (Fsp3) is 0.545. The molecule has 1 aliphatic heterocycles. The number of carbonyl (C=O) groups excluding carboxylic acids is 1. The molecule has 1 N–H and O–H groups in total. The molecular weight excluding hydrogens is 208 g/mol. The van der Waals surface area contributed by atoms with Gasteiger partial charge in [-0.05, 0) is 24.8 Å². The van der Waals surface area contributed by atoms with Crippen LogP contribution in [0.1, 0.15) is 18.2 Å². The van der Waals surface area contributed by atoms with Gasteiger partial charge in [0.1, 0.15) is 0 Å². The molecule has 1 saturated heterocycles. The van der Waals surface area contributed by atoms with Crippen molar-refractivity contribution >= 4 is 17.2 Å². The summed E-state index contributed by atoms with van der Waals surface area (Å²) in [4.78, 5) is 14.9. The van der Waals surface area contributed by atoms with Crippen LogP contribution in [0.2, 0.25) is 0 Å². The van der Waals surface area contributed by atoms with E-state index in [0.717, 1.165) is 6.54 Å². The van der Waals surface area contributed by atoms with Gasteiger partial charge in [-0.3, -0.25) is 9.69 Å². The minimum absolute atomic E-state index is 0.134. The van der Waals surface area contributed by atoms with Crippen LogP contribution in [0.15, 0.2) is 17.5 Å². The molecule has 1 fully saturated rings. The molecule has 0 aromatic carbocycles. The maximum absolute atomic E-state index is 11.5. The maximum atomic E-state index is 11.5. The van der Waals surface area contributed by atoms with E-state index in [-0.39, 0.29) is 5.91 Å². The first kappa shape index (κ1) is 10.6. The number of likely N-dealkylation sites (tertiary alicyclic amines) is 1. The van der Waals surface area contributed by atoms with E-state index in [1.807, 2.05) is 17.5 Å². The molecule has 2 rings (SSSR count). The summed E-state index contributed by atoms with van der Waals surface area (Å²) >= 11 is 1.68. The predicted octanol–water partition coefficient (Wildman–Crippen LogP) is 1.46. The second kappa shape index (κ2) is 4.77. The van der Waals surface area contributed by atoms with Crippen molar-refractivity contribution in [1.29, 1.82) is 0 Å². The standard InChI is InChI=1S/C11H16N2OS/c1-9-4-5-13(9)8-11(14)12-7-10-3-2-6-15-10/h2-3,6,9H,4-5,7-8H2,1H3,(H,12,14)/t9-/m0/s1. The Morgan fingerprint density at radius 3 is 3.13 bits per heavy atom. The molecule has 82 valence electrons. The van der Waals surface area contributed by atoms with Gasteiger partial charge in [0.2, 0.25) is 5.91 Å². The summed E-state index contributed by atoms with van der Waals surface area (Å²) in [7, 11) is 0. The third kappa shape index (κ3) is 2.79. The molecule has 1 aliphatic rings. The van der Waals surface area contributed by atoms with Gasteiger partial charge in [-0.25, -0.2) is 0 Å². The molecular formula is C11H16N2OS. The highest BCUT2D eigenvalue weighted by atomic mass is 32.1. The Labute approximate surface area is 94.1 Å². The van der Waals surface area contributed by atoms with E-state index in [0.29, 0.717) is 19.1 Å². The lowest BCUT2D eigenvalue weighted by Gasteiger charge is -2.37. The molecule has 0 spiro atoms. The highest BCUT2D eigenvalue weighted by molar-refractivity contribution is 7.09. The highest BCUT2D eigenvalue weighted by Gasteiger charge is 2.24. The normalized spacial score (nSPS) is 21.0. The zero-order valence-corrected chi connectivity index (χ0v) is 9.72. The van der Waals surface area contributed by atoms with E-state index >= 15 is 0 Å². The quantitative estimate of drug-likeness (QED) is 0.839. The Morgan fingerprint density at radius 2 is 2.60 bits per heavy atom. The highest BCUT2D eigenvalue weighted by Crippen LogP contribution is 2.15. The number of rotatable bonds is 4. The van der Waals surface area contributed by atoms with Crippen LogP contribution < -0.4 is 5.32 Å². The van der Waals surface area contributed by atoms with Crippen molar-refractivity contribution < 1.29 is 4.79 Å². The number of nitrogens with one attached hydrogen (secondary N) is 1. The lowest BCUT2D eigenvalue weighted by molar-refractivity contribution is -0.124. The monoisotopic (exact) mass is 224 g/mol. The molecule has 0 aliphatic carbocycles. The average molecular weight is 224 g/mol. The van der Waals surface area contributed by atoms with Gasteiger partial charge >= 0.3 is 0 Å². The van der Waals surface area contributed by atoms with Gasteiger partial charge in [-0.2, -0.15) is 0 Å². The molecule has 1 amide bonds. The van der Waals surface area contributed by atoms with Crippen LogP contribution in [-0.2, 0) is 11.3 Å². The van der Waals surface area contributed by atoms with E-state index in [9.17, 15) is 4.79 Å². The largest absolute Gasteiger partial charge is 0.350 e. The van der Waals surface area contributed by atoms with Crippen molar-refractivity contribution in [1.82, 2.24) is 10.2 Å². The zero-order chi connectivity index (χ0) is 10.7. The van der Waals surface area contributed by atoms with Crippen molar-refractivity contribution in [2.24, 2.45) is 0 Å². The van der Waals surface area contributed by atoms with E-state index in [1.165, 1.54) is 11.3 Å². The summed E-state index contributed by atoms with van der Waals surface area (Å²) in [5.41, 5.74) is 0. The Morgan fingerprint density at radius 1 is 1.73 bits per heavy atom. The number of amides is 1. The lowest BCUT2D eigenvalue weighted by Crippen LogP contribution is -2.50. The molecule has 0 unspecified atom stereocenters. The van der Waals surface area contributed by atoms with Crippen LogP contribution in [0.25, 0.3) is 0 Å². The average Bonchev–Trinajstić information content (AvgIpc) is 2.73. The second-order valence-corrected chi connectivity index (χ2v) is 5.00. The first-order valence-corrected chi connectivity index (χ1v) is 6.17. The van der Waals surface area contributed by atoms with E-state index in [1.54, 1.807) is 11.3 Å². The molecule has 0 bridgehead atoms. The van der Waals surface area contributed by atoms with E-state index in [4.69, 9.17) is 0 Å². The number of thiophene rings is 1. The second-order valence-electron chi connectivity index (χ2n) is 3.96. The van der Waals surface area contributed by atoms with Crippen LogP contribution in [-0.4, -0.2) is 29.9 Å². The third-order valence-corrected chi connectivity index (χ3v) is 3.72. The van der Waals surface area contributed by atoms with Crippen LogP contribution in [0.5, 0.6) is 0 Å². The molecule has 1 atom stereocenters. The minimum atomic E-state index is 0.134. The van der Waals surface area contributed by atoms with Gasteiger partial charge in [0, 0.05) is 17.5 Å². The van der Waals surface area contributed by atoms with Gasteiger partial charge in [-0.1, -0.05) is 6.07 Å². The molecule has 3 nitrogen and oxygen atoms in total. The summed E-state index contributed by atoms with van der Waals surface area (Å²) < 4.78 is 0. The summed E-state index contributed by atoms with van der Waals surface area (Å²) in [6.07, 6.45) is 1.22. The Kier molecular flexibility index (Phi) is 3.38. The van der Waals surface area contributed by atoms with Gasteiger partial charge in [0.25, 0.3) is 0 Å². The molecule has 2 heterocycles. The summed E-state index contributed by atoms with van der Waals surface area (Å²) in [6, 6.07) is 4.62. The minimum Gasteiger partial charge on any atom is -0.350 e. The number of nitrogens with zero attached hydrogens (tertiary/aromatic N) is 1. The summed E-state index contributed by atoms with van der Waals surface area (Å²) in [5, 5.41) is 4.96. The zero-order valence-electron chi connectivity index (χ0n) is 8.90. The topological polar surface area (TPSA) is 32.3 Å². The molecule has 0 radical (unpaired) electrons. The van der Waals surface area contributed by atoms with Crippen molar-refractivity contribution in [2.75, 3.05) is 13.1 Å². The van der Waals surface area contributed by atoms with Crippen molar-refractivity contribution in [3.63, 3.8) is 0 Å². The Hall–Kier alpha value is -0.870. The van der Waals surface area contributed by atoms with Crippen molar-refractivity contribution in [3.8, 4) is 0 Å². The number of hydrogen-bond donors (Lipinski definition) is 1. The van der Waals surface area contributed by atoms with Gasteiger partial charge in [0.05, 0.1) is 13.1 Å². The SMILES string of the molecule is C[C@H]1CCN1CC(=O)NCc1cccs1. The molecule has 4 heteroatoms. The smallest absolute Gasteiger partial charge is 0.234 e. The van der Waals surface area contributed by atoms with Gasteiger partial charge in [-0.15, -0.1) is 11.3 Å². The van der Waals surface area contributed by atoms with Crippen LogP contribution in [0.3, 0.4) is 0 Å². The Balaban J connectivity index is 1.69. The van der Waals surface area contributed by atoms with E-state index in [2.05, 4.69) is 17.1 Å². The molecule has 0 saturated carbocycles. The lowest BCUT2D eigenvalue weighted by atomic mass is 10.1. The number of hydrogen-bond acceptors (Lipinski definition) is 3. The molecule has 1 aromatic rings. The van der Waals surface area contributed by atoms with Crippen LogP contribution in [0, 0.1) is 0 Å². The number of carbonyl (C=O) groups is 1. The fourth-order valence-electron chi connectivity index (χ4n) is 1.64. The van der Waals surface area contributed by atoms with E-state index < -0.39 is 0 Å². The van der Waals surface area contributed by atoms with Crippen molar-refractivity contribution in [2.45, 2.75) is 25.9 Å².